The highest BCUT2D eigenvalue weighted by Crippen LogP contribution is 2.38. The van der Waals surface area contributed by atoms with E-state index in [1.165, 1.54) is 0 Å². The van der Waals surface area contributed by atoms with E-state index in [0.29, 0.717) is 0 Å². The summed E-state index contributed by atoms with van der Waals surface area (Å²) in [4.78, 5) is 9.12. The summed E-state index contributed by atoms with van der Waals surface area (Å²) >= 11 is 0. The van der Waals surface area contributed by atoms with Crippen molar-refractivity contribution in [2.75, 3.05) is 0 Å². The zero-order valence-corrected chi connectivity index (χ0v) is 9.64. The minimum absolute atomic E-state index is 0.277. The van der Waals surface area contributed by atoms with Gasteiger partial charge in [0.1, 0.15) is 0 Å². The summed E-state index contributed by atoms with van der Waals surface area (Å²) in [6.07, 6.45) is 0. The summed E-state index contributed by atoms with van der Waals surface area (Å²) in [5.41, 5.74) is -0.555. The second-order valence-electron chi connectivity index (χ2n) is 4.91. The van der Waals surface area contributed by atoms with E-state index in [2.05, 4.69) is 0 Å². The summed E-state index contributed by atoms with van der Waals surface area (Å²) in [6, 6.07) is 0. The van der Waals surface area contributed by atoms with Gasteiger partial charge in [-0.15, -0.1) is 0 Å². The van der Waals surface area contributed by atoms with Crippen LogP contribution in [-0.4, -0.2) is 20.6 Å². The van der Waals surface area contributed by atoms with Gasteiger partial charge >= 0.3 is 0 Å². The van der Waals surface area contributed by atoms with Gasteiger partial charge in [-0.2, -0.15) is 4.67 Å². The average molecular weight is 192 g/mol. The predicted octanol–water partition coefficient (Wildman–Crippen LogP) is 2.54. The molecule has 0 amide bonds. The van der Waals surface area contributed by atoms with E-state index in [1.807, 2.05) is 41.5 Å². The molecule has 1 N–H and O–H groups in total. The minimum atomic E-state index is -2.26. The van der Waals surface area contributed by atoms with Crippen LogP contribution in [0.25, 0.3) is 0 Å². The maximum atomic E-state index is 11.1. The van der Waals surface area contributed by atoms with Crippen LogP contribution in [0.5, 0.6) is 0 Å². The van der Waals surface area contributed by atoms with Crippen LogP contribution in [0, 0.1) is 0 Å². The maximum Gasteiger partial charge on any atom is 0.295 e. The molecule has 0 rings (SSSR count). The van der Waals surface area contributed by atoms with E-state index in [4.69, 9.17) is 4.89 Å². The lowest BCUT2D eigenvalue weighted by Crippen LogP contribution is -2.47. The minimum Gasteiger partial charge on any atom is -0.308 e. The second kappa shape index (κ2) is 3.41. The zero-order valence-electron chi connectivity index (χ0n) is 8.75. The van der Waals surface area contributed by atoms with Crippen molar-refractivity contribution in [3.63, 3.8) is 0 Å². The van der Waals surface area contributed by atoms with Gasteiger partial charge in [0, 0.05) is 11.1 Å². The Balaban J connectivity index is 4.82. The first kappa shape index (κ1) is 12.0. The lowest BCUT2D eigenvalue weighted by atomic mass is 10.0. The summed E-state index contributed by atoms with van der Waals surface area (Å²) in [5.74, 6) is 0. The van der Waals surface area contributed by atoms with Crippen molar-refractivity contribution in [2.24, 2.45) is 0 Å². The Morgan fingerprint density at radius 2 is 1.25 bits per heavy atom. The molecule has 1 radical (unpaired) electrons. The van der Waals surface area contributed by atoms with Crippen molar-refractivity contribution in [3.05, 3.63) is 0 Å². The SMILES string of the molecule is CC(C)(C)N([P](=O)O)C(C)(C)C. The van der Waals surface area contributed by atoms with E-state index in [9.17, 15) is 4.57 Å². The van der Waals surface area contributed by atoms with E-state index >= 15 is 0 Å². The van der Waals surface area contributed by atoms with E-state index < -0.39 is 8.18 Å². The first-order valence-corrected chi connectivity index (χ1v) is 5.19. The fourth-order valence-corrected chi connectivity index (χ4v) is 2.55. The highest BCUT2D eigenvalue weighted by molar-refractivity contribution is 7.35. The van der Waals surface area contributed by atoms with Crippen molar-refractivity contribution in [3.8, 4) is 0 Å². The summed E-state index contributed by atoms with van der Waals surface area (Å²) in [5, 5.41) is 0. The predicted molar refractivity (Wildman–Crippen MR) is 51.2 cm³/mol. The summed E-state index contributed by atoms with van der Waals surface area (Å²) in [7, 11) is -2.26. The van der Waals surface area contributed by atoms with Crippen LogP contribution in [0.15, 0.2) is 0 Å². The quantitative estimate of drug-likeness (QED) is 0.649. The Morgan fingerprint density at radius 3 is 1.25 bits per heavy atom. The molecule has 0 spiro atoms. The Bertz CT molecular complexity index is 164. The Kier molecular flexibility index (Phi) is 3.41. The monoisotopic (exact) mass is 192 g/mol. The van der Waals surface area contributed by atoms with Crippen molar-refractivity contribution in [2.45, 2.75) is 52.6 Å². The molecule has 0 saturated heterocycles. The van der Waals surface area contributed by atoms with Crippen molar-refractivity contribution < 1.29 is 9.46 Å². The third-order valence-corrected chi connectivity index (χ3v) is 2.98. The smallest absolute Gasteiger partial charge is 0.295 e. The molecule has 3 nitrogen and oxygen atoms in total. The lowest BCUT2D eigenvalue weighted by Gasteiger charge is -2.41. The molecule has 0 fully saturated rings. The van der Waals surface area contributed by atoms with E-state index in [1.54, 1.807) is 4.67 Å². The fourth-order valence-electron chi connectivity index (χ4n) is 1.52. The van der Waals surface area contributed by atoms with Gasteiger partial charge in [0.05, 0.1) is 0 Å². The number of hydrogen-bond donors (Lipinski definition) is 1. The topological polar surface area (TPSA) is 40.5 Å². The molecule has 0 aliphatic rings. The molecule has 12 heavy (non-hydrogen) atoms. The highest BCUT2D eigenvalue weighted by Gasteiger charge is 2.35. The second-order valence-corrected chi connectivity index (χ2v) is 5.81. The molecule has 4 heteroatoms. The van der Waals surface area contributed by atoms with Crippen LogP contribution < -0.4 is 0 Å². The van der Waals surface area contributed by atoms with Gasteiger partial charge in [-0.3, -0.25) is 0 Å². The van der Waals surface area contributed by atoms with Crippen LogP contribution in [0.4, 0.5) is 0 Å². The molecule has 0 aromatic carbocycles. The maximum absolute atomic E-state index is 11.1. The Labute approximate surface area is 75.7 Å². The van der Waals surface area contributed by atoms with Gasteiger partial charge in [0.2, 0.25) is 0 Å². The fraction of sp³-hybridized carbons (Fsp3) is 1.00. The Hall–Kier alpha value is 0.0200. The molecule has 0 saturated carbocycles. The van der Waals surface area contributed by atoms with Crippen LogP contribution in [0.1, 0.15) is 41.5 Å². The third kappa shape index (κ3) is 3.18. The third-order valence-electron chi connectivity index (χ3n) is 1.44. The molecule has 1 atom stereocenters. The van der Waals surface area contributed by atoms with Crippen LogP contribution in [-0.2, 0) is 4.57 Å². The van der Waals surface area contributed by atoms with Gasteiger partial charge in [-0.05, 0) is 41.5 Å². The van der Waals surface area contributed by atoms with Gasteiger partial charge in [0.15, 0.2) is 0 Å². The molecular weight excluding hydrogens is 173 g/mol. The Morgan fingerprint density at radius 1 is 1.00 bits per heavy atom. The molecule has 0 aliphatic heterocycles. The summed E-state index contributed by atoms with van der Waals surface area (Å²) < 4.78 is 12.7. The number of nitrogens with zero attached hydrogens (tertiary/aromatic N) is 1. The van der Waals surface area contributed by atoms with E-state index in [-0.39, 0.29) is 11.1 Å². The normalized spacial score (nSPS) is 15.2. The number of rotatable bonds is 1. The van der Waals surface area contributed by atoms with Gasteiger partial charge < -0.3 is 4.89 Å². The van der Waals surface area contributed by atoms with Gasteiger partial charge in [-0.25, -0.2) is 4.57 Å². The van der Waals surface area contributed by atoms with Crippen LogP contribution in [0.3, 0.4) is 0 Å². The molecular formula is C8H19NO2P. The van der Waals surface area contributed by atoms with E-state index in [0.717, 1.165) is 0 Å². The average Bonchev–Trinajstić information content (AvgIpc) is 1.49. The highest BCUT2D eigenvalue weighted by atomic mass is 31.1. The van der Waals surface area contributed by atoms with Crippen molar-refractivity contribution in [1.82, 2.24) is 4.67 Å². The molecule has 0 aliphatic carbocycles. The van der Waals surface area contributed by atoms with Crippen LogP contribution >= 0.6 is 8.18 Å². The molecule has 0 heterocycles. The van der Waals surface area contributed by atoms with Gasteiger partial charge in [-0.1, -0.05) is 0 Å². The first-order valence-electron chi connectivity index (χ1n) is 4.03. The molecule has 73 valence electrons. The van der Waals surface area contributed by atoms with Gasteiger partial charge in [0.25, 0.3) is 8.18 Å². The van der Waals surface area contributed by atoms with Crippen molar-refractivity contribution in [1.29, 1.82) is 0 Å². The summed E-state index contributed by atoms with van der Waals surface area (Å²) in [6.45, 7) is 11.6. The largest absolute Gasteiger partial charge is 0.308 e. The standard InChI is InChI=1S/C8H19NO2P/c1-7(2,3)9(12(10)11)8(4,5)6/h1-6H3,(H,10,11). The molecule has 0 aromatic rings. The molecule has 1 unspecified atom stereocenters. The van der Waals surface area contributed by atoms with Crippen LogP contribution in [0.2, 0.25) is 0 Å². The lowest BCUT2D eigenvalue weighted by molar-refractivity contribution is 0.128. The molecule has 0 bridgehead atoms. The number of hydrogen-bond acceptors (Lipinski definition) is 1. The zero-order chi connectivity index (χ0) is 10.2. The molecule has 0 aromatic heterocycles. The van der Waals surface area contributed by atoms with Crippen molar-refractivity contribution >= 4 is 8.18 Å². The first-order chi connectivity index (χ1) is 5.07.